The van der Waals surface area contributed by atoms with Gasteiger partial charge < -0.3 is 9.88 Å². The van der Waals surface area contributed by atoms with Crippen LogP contribution in [0.4, 0.5) is 11.5 Å². The van der Waals surface area contributed by atoms with Crippen LogP contribution >= 0.6 is 0 Å². The number of nitrogens with zero attached hydrogens (tertiary/aromatic N) is 3. The molecule has 0 atom stereocenters. The van der Waals surface area contributed by atoms with Gasteiger partial charge >= 0.3 is 0 Å². The van der Waals surface area contributed by atoms with Crippen LogP contribution < -0.4 is 10.7 Å². The molecule has 3 rings (SSSR count). The number of nitro benzene ring substituents is 1. The van der Waals surface area contributed by atoms with E-state index in [0.717, 1.165) is 0 Å². The number of hydrogen-bond donors (Lipinski definition) is 2. The Morgan fingerprint density at radius 2 is 2.17 bits per heavy atom. The number of fused-ring (bicyclic) bond motifs is 1. The summed E-state index contributed by atoms with van der Waals surface area (Å²) >= 11 is 0. The third-order valence-corrected chi connectivity index (χ3v) is 3.29. The van der Waals surface area contributed by atoms with Crippen LogP contribution in [-0.4, -0.2) is 25.6 Å². The Bertz CT molecular complexity index is 988. The number of carbonyl (C=O) groups excluding carboxylic acids is 1. The number of carbonyl (C=O) groups is 1. The van der Waals surface area contributed by atoms with E-state index in [4.69, 9.17) is 0 Å². The average molecular weight is 313 g/mol. The Kier molecular flexibility index (Phi) is 3.37. The van der Waals surface area contributed by atoms with Gasteiger partial charge in [0, 0.05) is 37.6 Å². The number of anilines is 1. The smallest absolute Gasteiger partial charge is 0.270 e. The summed E-state index contributed by atoms with van der Waals surface area (Å²) in [7, 11) is 1.68. The van der Waals surface area contributed by atoms with E-state index in [9.17, 15) is 19.7 Å². The molecule has 116 valence electrons. The highest BCUT2D eigenvalue weighted by molar-refractivity contribution is 6.07. The van der Waals surface area contributed by atoms with Crippen molar-refractivity contribution in [3.63, 3.8) is 0 Å². The number of nitrogens with one attached hydrogen (secondary N) is 2. The number of amides is 1. The monoisotopic (exact) mass is 313 g/mol. The molecule has 0 radical (unpaired) electrons. The molecule has 3 aromatic rings. The first-order valence-corrected chi connectivity index (χ1v) is 6.56. The van der Waals surface area contributed by atoms with Crippen molar-refractivity contribution in [1.29, 1.82) is 0 Å². The number of H-pyrrole nitrogens is 1. The topological polar surface area (TPSA) is 123 Å². The van der Waals surface area contributed by atoms with E-state index in [1.165, 1.54) is 36.7 Å². The van der Waals surface area contributed by atoms with Crippen LogP contribution in [0, 0.1) is 10.1 Å². The summed E-state index contributed by atoms with van der Waals surface area (Å²) in [5, 5.41) is 20.3. The van der Waals surface area contributed by atoms with E-state index >= 15 is 0 Å². The quantitative estimate of drug-likeness (QED) is 0.559. The zero-order valence-corrected chi connectivity index (χ0v) is 11.9. The highest BCUT2D eigenvalue weighted by atomic mass is 16.6. The predicted octanol–water partition coefficient (Wildman–Crippen LogP) is 1.42. The Hall–Kier alpha value is -3.49. The fourth-order valence-electron chi connectivity index (χ4n) is 2.14. The van der Waals surface area contributed by atoms with Crippen molar-refractivity contribution in [3.05, 3.63) is 62.6 Å². The van der Waals surface area contributed by atoms with Gasteiger partial charge in [0.1, 0.15) is 5.56 Å². The van der Waals surface area contributed by atoms with Crippen molar-refractivity contribution in [1.82, 2.24) is 14.8 Å². The van der Waals surface area contributed by atoms with Gasteiger partial charge in [0.05, 0.1) is 15.8 Å². The minimum atomic E-state index is -0.633. The van der Waals surface area contributed by atoms with Crippen LogP contribution in [0.5, 0.6) is 0 Å². The lowest BCUT2D eigenvalue weighted by Crippen LogP contribution is -2.22. The Balaban J connectivity index is 1.99. The molecule has 9 heteroatoms. The third-order valence-electron chi connectivity index (χ3n) is 3.29. The first-order chi connectivity index (χ1) is 11.0. The summed E-state index contributed by atoms with van der Waals surface area (Å²) < 4.78 is 1.57. The average Bonchev–Trinajstić information content (AvgIpc) is 2.92. The molecule has 0 fully saturated rings. The van der Waals surface area contributed by atoms with Crippen LogP contribution in [0.2, 0.25) is 0 Å². The molecule has 0 saturated heterocycles. The second-order valence-electron chi connectivity index (χ2n) is 4.90. The molecule has 0 aliphatic carbocycles. The van der Waals surface area contributed by atoms with E-state index in [2.05, 4.69) is 15.5 Å². The van der Waals surface area contributed by atoms with E-state index in [-0.39, 0.29) is 17.1 Å². The second kappa shape index (κ2) is 5.37. The van der Waals surface area contributed by atoms with Gasteiger partial charge in [-0.05, 0) is 6.07 Å². The number of aryl methyl sites for hydroxylation is 1. The molecule has 0 bridgehead atoms. The molecule has 9 nitrogen and oxygen atoms in total. The van der Waals surface area contributed by atoms with Crippen LogP contribution in [-0.2, 0) is 7.05 Å². The minimum Gasteiger partial charge on any atom is -0.356 e. The normalized spacial score (nSPS) is 10.7. The lowest BCUT2D eigenvalue weighted by atomic mass is 10.2. The maximum absolute atomic E-state index is 12.2. The van der Waals surface area contributed by atoms with Gasteiger partial charge in [-0.25, -0.2) is 0 Å². The third kappa shape index (κ3) is 2.67. The fraction of sp³-hybridized carbons (Fsp3) is 0.0714. The van der Waals surface area contributed by atoms with Crippen molar-refractivity contribution < 1.29 is 9.72 Å². The van der Waals surface area contributed by atoms with Gasteiger partial charge in [-0.3, -0.25) is 24.8 Å². The number of pyridine rings is 1. The Morgan fingerprint density at radius 1 is 1.39 bits per heavy atom. The van der Waals surface area contributed by atoms with Crippen molar-refractivity contribution in [2.75, 3.05) is 5.32 Å². The number of aromatic amines is 1. The van der Waals surface area contributed by atoms with Crippen LogP contribution in [0.3, 0.4) is 0 Å². The number of benzene rings is 1. The summed E-state index contributed by atoms with van der Waals surface area (Å²) in [6, 6.07) is 5.41. The number of aromatic nitrogens is 3. The van der Waals surface area contributed by atoms with E-state index in [1.54, 1.807) is 11.6 Å². The van der Waals surface area contributed by atoms with Gasteiger partial charge in [0.15, 0.2) is 11.2 Å². The van der Waals surface area contributed by atoms with Crippen LogP contribution in [0.25, 0.3) is 10.9 Å². The fourth-order valence-corrected chi connectivity index (χ4v) is 2.14. The summed E-state index contributed by atoms with van der Waals surface area (Å²) in [6.07, 6.45) is 2.93. The molecule has 0 unspecified atom stereocenters. The molecule has 2 heterocycles. The Labute approximate surface area is 128 Å². The lowest BCUT2D eigenvalue weighted by molar-refractivity contribution is -0.384. The molecule has 0 aliphatic rings. The van der Waals surface area contributed by atoms with Crippen molar-refractivity contribution in [3.8, 4) is 0 Å². The molecule has 1 aromatic carbocycles. The number of hydrogen-bond acceptors (Lipinski definition) is 5. The molecule has 23 heavy (non-hydrogen) atoms. The SMILES string of the molecule is Cn1ccc(=O)c(C(=O)Nc2n[nH]c3ccc([N+](=O)[O-])cc23)c1. The Morgan fingerprint density at radius 3 is 2.91 bits per heavy atom. The van der Waals surface area contributed by atoms with Gasteiger partial charge in [0.2, 0.25) is 0 Å². The lowest BCUT2D eigenvalue weighted by Gasteiger charge is -2.04. The van der Waals surface area contributed by atoms with Gasteiger partial charge in [-0.1, -0.05) is 0 Å². The maximum Gasteiger partial charge on any atom is 0.270 e. The molecule has 0 aliphatic heterocycles. The molecule has 0 spiro atoms. The van der Waals surface area contributed by atoms with Gasteiger partial charge in [-0.15, -0.1) is 0 Å². The van der Waals surface area contributed by atoms with E-state index in [0.29, 0.717) is 10.9 Å². The molecule has 0 saturated carbocycles. The number of non-ortho nitro benzene ring substituents is 1. The highest BCUT2D eigenvalue weighted by Gasteiger charge is 2.16. The second-order valence-corrected chi connectivity index (χ2v) is 4.90. The molecular formula is C14H11N5O4. The molecule has 2 N–H and O–H groups in total. The standard InChI is InChI=1S/C14H11N5O4/c1-18-5-4-12(20)10(7-18)14(21)15-13-9-6-8(19(22)23)2-3-11(9)16-17-13/h2-7H,1H3,(H2,15,16,17,21). The predicted molar refractivity (Wildman–Crippen MR) is 82.4 cm³/mol. The molecule has 2 aromatic heterocycles. The molecule has 1 amide bonds. The zero-order chi connectivity index (χ0) is 16.6. The first-order valence-electron chi connectivity index (χ1n) is 6.56. The summed E-state index contributed by atoms with van der Waals surface area (Å²) in [4.78, 5) is 34.3. The van der Waals surface area contributed by atoms with Gasteiger partial charge in [-0.2, -0.15) is 5.10 Å². The highest BCUT2D eigenvalue weighted by Crippen LogP contribution is 2.25. The summed E-state index contributed by atoms with van der Waals surface area (Å²) in [5.74, 6) is -0.509. The largest absolute Gasteiger partial charge is 0.356 e. The summed E-state index contributed by atoms with van der Waals surface area (Å²) in [6.45, 7) is 0. The first kappa shape index (κ1) is 14.4. The van der Waals surface area contributed by atoms with Crippen molar-refractivity contribution in [2.24, 2.45) is 7.05 Å². The number of rotatable bonds is 3. The maximum atomic E-state index is 12.2. The van der Waals surface area contributed by atoms with E-state index < -0.39 is 16.3 Å². The van der Waals surface area contributed by atoms with E-state index in [1.807, 2.05) is 0 Å². The van der Waals surface area contributed by atoms with Crippen molar-refractivity contribution >= 4 is 28.3 Å². The zero-order valence-electron chi connectivity index (χ0n) is 11.9. The van der Waals surface area contributed by atoms with Gasteiger partial charge in [0.25, 0.3) is 11.6 Å². The molecular weight excluding hydrogens is 302 g/mol. The van der Waals surface area contributed by atoms with Crippen molar-refractivity contribution in [2.45, 2.75) is 0 Å². The number of nitro groups is 1. The van der Waals surface area contributed by atoms with Crippen LogP contribution in [0.1, 0.15) is 10.4 Å². The van der Waals surface area contributed by atoms with Crippen LogP contribution in [0.15, 0.2) is 41.5 Å². The summed E-state index contributed by atoms with van der Waals surface area (Å²) in [5.41, 5.74) is -0.0557. The minimum absolute atomic E-state index is 0.0448.